The smallest absolute Gasteiger partial charge is 0.193 e. The summed E-state index contributed by atoms with van der Waals surface area (Å²) in [6.07, 6.45) is 1.44. The maximum absolute atomic E-state index is 13.1. The molecule has 7 heteroatoms. The molecular weight excluding hydrogens is 428 g/mol. The summed E-state index contributed by atoms with van der Waals surface area (Å²) in [5.74, 6) is 0. The fourth-order valence-electron chi connectivity index (χ4n) is 2.61. The van der Waals surface area contributed by atoms with Crippen LogP contribution < -0.4 is 0 Å². The predicted molar refractivity (Wildman–Crippen MR) is 131 cm³/mol. The van der Waals surface area contributed by atoms with E-state index in [1.165, 1.54) is 0 Å². The normalized spacial score (nSPS) is 22.3. The van der Waals surface area contributed by atoms with Crippen LogP contribution in [0.4, 0.5) is 0 Å². The number of rotatable bonds is 6. The second-order valence-corrected chi connectivity index (χ2v) is 22.1. The number of hydrogen-bond donors (Lipinski definition) is 0. The van der Waals surface area contributed by atoms with Gasteiger partial charge in [-0.3, -0.25) is 0 Å². The second-order valence-electron chi connectivity index (χ2n) is 11.1. The molecule has 0 saturated carbocycles. The first-order chi connectivity index (χ1) is 13.6. The molecule has 0 unspecified atom stereocenters. The van der Waals surface area contributed by atoms with E-state index in [2.05, 4.69) is 67.7 Å². The molecule has 3 atom stereocenters. The molecule has 1 aliphatic rings. The Balaban J connectivity index is 2.37. The average molecular weight is 469 g/mol. The monoisotopic (exact) mass is 468 g/mol. The minimum absolute atomic E-state index is 0.0689. The lowest BCUT2D eigenvalue weighted by molar-refractivity contribution is -0.00105. The molecule has 0 spiro atoms. The average Bonchev–Trinajstić information content (AvgIpc) is 2.61. The first-order valence-corrected chi connectivity index (χ1v) is 17.7. The molecule has 2 rings (SSSR count). The van der Waals surface area contributed by atoms with Gasteiger partial charge in [-0.15, -0.1) is 0 Å². The molecule has 0 aliphatic carbocycles. The standard InChI is InChI=1S/C23H40O4SSi2/c1-22(2,3)29(7,8)26-19-16-21(28(24)18-14-12-11-13-15-18)25-17-20(19)27-30(9,10)23(4,5)6/h11-16,19-20H,17H2,1-10H3/t19-,20-,28+/m1/s1. The number of benzene rings is 1. The van der Waals surface area contributed by atoms with E-state index in [0.29, 0.717) is 11.7 Å². The van der Waals surface area contributed by atoms with Crippen LogP contribution in [0.2, 0.25) is 36.3 Å². The van der Waals surface area contributed by atoms with Crippen LogP contribution in [0.25, 0.3) is 0 Å². The Morgan fingerprint density at radius 2 is 1.40 bits per heavy atom. The molecule has 0 aromatic heterocycles. The predicted octanol–water partition coefficient (Wildman–Crippen LogP) is 6.45. The Kier molecular flexibility index (Phi) is 7.67. The van der Waals surface area contributed by atoms with Crippen molar-refractivity contribution in [3.63, 3.8) is 0 Å². The van der Waals surface area contributed by atoms with Crippen molar-refractivity contribution in [3.8, 4) is 0 Å². The van der Waals surface area contributed by atoms with E-state index in [0.717, 1.165) is 4.90 Å². The Morgan fingerprint density at radius 3 is 1.90 bits per heavy atom. The van der Waals surface area contributed by atoms with Gasteiger partial charge < -0.3 is 13.6 Å². The van der Waals surface area contributed by atoms with Crippen LogP contribution in [0.1, 0.15) is 41.5 Å². The van der Waals surface area contributed by atoms with Crippen LogP contribution in [-0.2, 0) is 24.4 Å². The molecule has 0 bridgehead atoms. The maximum Gasteiger partial charge on any atom is 0.193 e. The lowest BCUT2D eigenvalue weighted by Gasteiger charge is -2.45. The van der Waals surface area contributed by atoms with Gasteiger partial charge in [0.2, 0.25) is 0 Å². The summed E-state index contributed by atoms with van der Waals surface area (Å²) in [7, 11) is -5.45. The van der Waals surface area contributed by atoms with Crippen LogP contribution in [0.15, 0.2) is 46.4 Å². The number of hydrogen-bond acceptors (Lipinski definition) is 4. The topological polar surface area (TPSA) is 44.8 Å². The SMILES string of the molecule is CC(C)(C)[Si](C)(C)O[C@@H]1C=C([S@@](=O)c2ccccc2)OC[C@H]1O[Si](C)(C)C(C)(C)C. The van der Waals surface area contributed by atoms with E-state index in [9.17, 15) is 4.21 Å². The third kappa shape index (κ3) is 5.94. The van der Waals surface area contributed by atoms with Crippen LogP contribution in [0.3, 0.4) is 0 Å². The molecular formula is C23H40O4SSi2. The number of ether oxygens (including phenoxy) is 1. The quantitative estimate of drug-likeness (QED) is 0.450. The molecule has 1 aromatic rings. The van der Waals surface area contributed by atoms with Gasteiger partial charge in [0.05, 0.1) is 6.10 Å². The Labute approximate surface area is 188 Å². The first-order valence-electron chi connectivity index (χ1n) is 10.7. The highest BCUT2D eigenvalue weighted by atomic mass is 32.2. The summed E-state index contributed by atoms with van der Waals surface area (Å²) < 4.78 is 32.6. The third-order valence-electron chi connectivity index (χ3n) is 6.69. The van der Waals surface area contributed by atoms with Crippen molar-refractivity contribution < 1.29 is 17.8 Å². The molecule has 0 radical (unpaired) electrons. The lowest BCUT2D eigenvalue weighted by Crippen LogP contribution is -2.53. The van der Waals surface area contributed by atoms with Crippen LogP contribution in [0, 0.1) is 0 Å². The Morgan fingerprint density at radius 1 is 0.900 bits per heavy atom. The van der Waals surface area contributed by atoms with Crippen molar-refractivity contribution in [3.05, 3.63) is 41.5 Å². The van der Waals surface area contributed by atoms with Gasteiger partial charge in [-0.25, -0.2) is 4.21 Å². The molecule has 0 amide bonds. The van der Waals surface area contributed by atoms with Crippen LogP contribution in [0.5, 0.6) is 0 Å². The van der Waals surface area contributed by atoms with E-state index >= 15 is 0 Å². The Bertz CT molecular complexity index is 777. The minimum atomic E-state index is -2.06. The van der Waals surface area contributed by atoms with Crippen LogP contribution in [-0.4, -0.2) is 39.7 Å². The van der Waals surface area contributed by atoms with Crippen molar-refractivity contribution in [1.29, 1.82) is 0 Å². The summed E-state index contributed by atoms with van der Waals surface area (Å²) in [4.78, 5) is 0.735. The van der Waals surface area contributed by atoms with Crippen molar-refractivity contribution >= 4 is 27.4 Å². The van der Waals surface area contributed by atoms with E-state index in [-0.39, 0.29) is 22.3 Å². The molecule has 1 aliphatic heterocycles. The summed E-state index contributed by atoms with van der Waals surface area (Å²) >= 11 is 0. The molecule has 0 saturated heterocycles. The minimum Gasteiger partial charge on any atom is -0.482 e. The molecule has 30 heavy (non-hydrogen) atoms. The molecule has 170 valence electrons. The van der Waals surface area contributed by atoms with Gasteiger partial charge in [0.1, 0.15) is 23.5 Å². The van der Waals surface area contributed by atoms with Crippen molar-refractivity contribution in [2.24, 2.45) is 0 Å². The molecule has 0 N–H and O–H groups in total. The highest BCUT2D eigenvalue weighted by Crippen LogP contribution is 2.41. The summed E-state index contributed by atoms with van der Waals surface area (Å²) in [6, 6.07) is 9.43. The maximum atomic E-state index is 13.1. The van der Waals surface area contributed by atoms with Crippen LogP contribution >= 0.6 is 0 Å². The van der Waals surface area contributed by atoms with Gasteiger partial charge in [0, 0.05) is 4.90 Å². The molecule has 4 nitrogen and oxygen atoms in total. The summed E-state index contributed by atoms with van der Waals surface area (Å²) in [5, 5.41) is 0.630. The molecule has 1 heterocycles. The van der Waals surface area contributed by atoms with E-state index in [1.54, 1.807) is 0 Å². The summed E-state index contributed by atoms with van der Waals surface area (Å²) in [5.41, 5.74) is 0. The van der Waals surface area contributed by atoms with Gasteiger partial charge >= 0.3 is 0 Å². The lowest BCUT2D eigenvalue weighted by atomic mass is 10.2. The van der Waals surface area contributed by atoms with Gasteiger partial charge in [-0.2, -0.15) is 0 Å². The Hall–Kier alpha value is -0.736. The second kappa shape index (κ2) is 9.02. The van der Waals surface area contributed by atoms with Crippen molar-refractivity contribution in [1.82, 2.24) is 0 Å². The van der Waals surface area contributed by atoms with Gasteiger partial charge in [0.25, 0.3) is 0 Å². The zero-order valence-electron chi connectivity index (χ0n) is 20.4. The van der Waals surface area contributed by atoms with E-state index < -0.39 is 27.4 Å². The highest BCUT2D eigenvalue weighted by molar-refractivity contribution is 7.88. The zero-order chi connectivity index (χ0) is 23.0. The third-order valence-corrected chi connectivity index (χ3v) is 17.0. The summed E-state index contributed by atoms with van der Waals surface area (Å²) in [6.45, 7) is 22.7. The molecule has 0 fully saturated rings. The van der Waals surface area contributed by atoms with Crippen molar-refractivity contribution in [2.75, 3.05) is 6.61 Å². The first kappa shape index (κ1) is 25.5. The van der Waals surface area contributed by atoms with Gasteiger partial charge in [-0.05, 0) is 54.5 Å². The highest BCUT2D eigenvalue weighted by Gasteiger charge is 2.46. The van der Waals surface area contributed by atoms with E-state index in [1.807, 2.05) is 36.4 Å². The van der Waals surface area contributed by atoms with Gasteiger partial charge in [0.15, 0.2) is 21.7 Å². The fraction of sp³-hybridized carbons (Fsp3) is 0.652. The fourth-order valence-corrected chi connectivity index (χ4v) is 6.24. The van der Waals surface area contributed by atoms with Gasteiger partial charge in [-0.1, -0.05) is 59.7 Å². The van der Waals surface area contributed by atoms with E-state index in [4.69, 9.17) is 13.6 Å². The zero-order valence-corrected chi connectivity index (χ0v) is 23.2. The van der Waals surface area contributed by atoms with Crippen molar-refractivity contribution in [2.45, 2.75) is 94.9 Å². The largest absolute Gasteiger partial charge is 0.482 e. The molecule has 1 aromatic carbocycles.